The Morgan fingerprint density at radius 2 is 1.93 bits per heavy atom. The molecule has 0 aliphatic carbocycles. The second-order valence-electron chi connectivity index (χ2n) is 3.16. The maximum Gasteiger partial charge on any atom is 0.321 e. The SMILES string of the molecule is CN[C@@H](Cc1cc(F)cc(F)c1)C(=O)O. The number of carboxylic acids is 1. The van der Waals surface area contributed by atoms with Crippen LogP contribution in [0.3, 0.4) is 0 Å². The van der Waals surface area contributed by atoms with Crippen LogP contribution in [0.4, 0.5) is 8.78 Å². The van der Waals surface area contributed by atoms with Crippen LogP contribution in [0, 0.1) is 11.6 Å². The zero-order chi connectivity index (χ0) is 11.4. The summed E-state index contributed by atoms with van der Waals surface area (Å²) >= 11 is 0. The molecule has 0 radical (unpaired) electrons. The fraction of sp³-hybridized carbons (Fsp3) is 0.300. The van der Waals surface area contributed by atoms with Crippen molar-refractivity contribution in [3.05, 3.63) is 35.4 Å². The molecule has 1 rings (SSSR count). The molecular weight excluding hydrogens is 204 g/mol. The molecule has 2 N–H and O–H groups in total. The van der Waals surface area contributed by atoms with Crippen molar-refractivity contribution in [1.82, 2.24) is 5.32 Å². The summed E-state index contributed by atoms with van der Waals surface area (Å²) in [6.07, 6.45) is 0.0422. The summed E-state index contributed by atoms with van der Waals surface area (Å²) in [4.78, 5) is 10.7. The molecule has 5 heteroatoms. The number of benzene rings is 1. The minimum absolute atomic E-state index is 0.0422. The van der Waals surface area contributed by atoms with Crippen LogP contribution in [0.2, 0.25) is 0 Å². The predicted octanol–water partition coefficient (Wildman–Crippen LogP) is 1.18. The number of halogens is 2. The maximum absolute atomic E-state index is 12.8. The first-order valence-electron chi connectivity index (χ1n) is 4.38. The van der Waals surface area contributed by atoms with Crippen LogP contribution < -0.4 is 5.32 Å². The zero-order valence-electron chi connectivity index (χ0n) is 8.13. The normalized spacial score (nSPS) is 12.5. The Hall–Kier alpha value is -1.49. The smallest absolute Gasteiger partial charge is 0.321 e. The Morgan fingerprint density at radius 1 is 1.40 bits per heavy atom. The van der Waals surface area contributed by atoms with E-state index in [4.69, 9.17) is 5.11 Å². The topological polar surface area (TPSA) is 49.3 Å². The highest BCUT2D eigenvalue weighted by atomic mass is 19.1. The predicted molar refractivity (Wildman–Crippen MR) is 50.5 cm³/mol. The lowest BCUT2D eigenvalue weighted by Gasteiger charge is -2.10. The molecule has 0 saturated heterocycles. The molecule has 15 heavy (non-hydrogen) atoms. The molecule has 1 aromatic rings. The van der Waals surface area contributed by atoms with E-state index in [2.05, 4.69) is 5.32 Å². The molecule has 0 saturated carbocycles. The van der Waals surface area contributed by atoms with Crippen LogP contribution in [-0.2, 0) is 11.2 Å². The number of rotatable bonds is 4. The summed E-state index contributed by atoms with van der Waals surface area (Å²) in [5, 5.41) is 11.3. The average Bonchev–Trinajstić information content (AvgIpc) is 2.12. The van der Waals surface area contributed by atoms with Crippen molar-refractivity contribution in [2.75, 3.05) is 7.05 Å². The van der Waals surface area contributed by atoms with Gasteiger partial charge in [0.25, 0.3) is 0 Å². The standard InChI is InChI=1S/C10H11F2NO2/c1-13-9(10(14)15)4-6-2-7(11)5-8(12)3-6/h2-3,5,9,13H,4H2,1H3,(H,14,15)/t9-/m0/s1. The van der Waals surface area contributed by atoms with Crippen molar-refractivity contribution < 1.29 is 18.7 Å². The molecule has 3 nitrogen and oxygen atoms in total. The van der Waals surface area contributed by atoms with Crippen LogP contribution in [0.1, 0.15) is 5.56 Å². The third-order valence-electron chi connectivity index (χ3n) is 2.01. The van der Waals surface area contributed by atoms with Gasteiger partial charge < -0.3 is 10.4 Å². The molecule has 0 aliphatic rings. The van der Waals surface area contributed by atoms with E-state index < -0.39 is 23.6 Å². The van der Waals surface area contributed by atoms with Crippen LogP contribution >= 0.6 is 0 Å². The van der Waals surface area contributed by atoms with Crippen molar-refractivity contribution in [2.45, 2.75) is 12.5 Å². The Bertz CT molecular complexity index is 348. The van der Waals surface area contributed by atoms with Gasteiger partial charge in [0.2, 0.25) is 0 Å². The van der Waals surface area contributed by atoms with Gasteiger partial charge in [-0.2, -0.15) is 0 Å². The van der Waals surface area contributed by atoms with E-state index in [0.29, 0.717) is 5.56 Å². The van der Waals surface area contributed by atoms with Gasteiger partial charge in [-0.15, -0.1) is 0 Å². The fourth-order valence-corrected chi connectivity index (χ4v) is 1.28. The van der Waals surface area contributed by atoms with Crippen molar-refractivity contribution >= 4 is 5.97 Å². The number of hydrogen-bond acceptors (Lipinski definition) is 2. The van der Waals surface area contributed by atoms with Gasteiger partial charge in [0, 0.05) is 6.07 Å². The maximum atomic E-state index is 12.8. The first-order chi connectivity index (χ1) is 7.02. The summed E-state index contributed by atoms with van der Waals surface area (Å²) in [5.41, 5.74) is 0.314. The first-order valence-corrected chi connectivity index (χ1v) is 4.38. The molecule has 0 aliphatic heterocycles. The van der Waals surface area contributed by atoms with Gasteiger partial charge in [0.1, 0.15) is 17.7 Å². The highest BCUT2D eigenvalue weighted by Crippen LogP contribution is 2.10. The Kier molecular flexibility index (Phi) is 3.74. The van der Waals surface area contributed by atoms with E-state index in [1.54, 1.807) is 0 Å². The molecule has 82 valence electrons. The van der Waals surface area contributed by atoms with Crippen LogP contribution in [0.5, 0.6) is 0 Å². The van der Waals surface area contributed by atoms with E-state index in [0.717, 1.165) is 18.2 Å². The van der Waals surface area contributed by atoms with Crippen molar-refractivity contribution in [2.24, 2.45) is 0 Å². The molecule has 0 fully saturated rings. The molecule has 0 spiro atoms. The third kappa shape index (κ3) is 3.28. The second-order valence-corrected chi connectivity index (χ2v) is 3.16. The van der Waals surface area contributed by atoms with E-state index in [-0.39, 0.29) is 6.42 Å². The number of carbonyl (C=O) groups is 1. The highest BCUT2D eigenvalue weighted by Gasteiger charge is 2.15. The lowest BCUT2D eigenvalue weighted by atomic mass is 10.1. The summed E-state index contributed by atoms with van der Waals surface area (Å²) < 4.78 is 25.6. The van der Waals surface area contributed by atoms with Crippen molar-refractivity contribution in [1.29, 1.82) is 0 Å². The number of aliphatic carboxylic acids is 1. The minimum atomic E-state index is -1.05. The van der Waals surface area contributed by atoms with Gasteiger partial charge >= 0.3 is 5.97 Å². The van der Waals surface area contributed by atoms with Gasteiger partial charge in [0.15, 0.2) is 0 Å². The van der Waals surface area contributed by atoms with Gasteiger partial charge in [-0.3, -0.25) is 4.79 Å². The van der Waals surface area contributed by atoms with E-state index in [9.17, 15) is 13.6 Å². The summed E-state index contributed by atoms with van der Waals surface area (Å²) in [6, 6.07) is 2.15. The van der Waals surface area contributed by atoms with Crippen LogP contribution in [0.25, 0.3) is 0 Å². The Morgan fingerprint density at radius 3 is 2.33 bits per heavy atom. The van der Waals surface area contributed by atoms with Crippen molar-refractivity contribution in [3.8, 4) is 0 Å². The average molecular weight is 215 g/mol. The molecule has 0 heterocycles. The molecule has 0 bridgehead atoms. The van der Waals surface area contributed by atoms with E-state index >= 15 is 0 Å². The van der Waals surface area contributed by atoms with E-state index in [1.807, 2.05) is 0 Å². The van der Waals surface area contributed by atoms with Crippen LogP contribution in [0.15, 0.2) is 18.2 Å². The lowest BCUT2D eigenvalue weighted by molar-refractivity contribution is -0.139. The number of likely N-dealkylation sites (N-methyl/N-ethyl adjacent to an activating group) is 1. The van der Waals surface area contributed by atoms with Gasteiger partial charge in [-0.25, -0.2) is 8.78 Å². The number of hydrogen-bond donors (Lipinski definition) is 2. The largest absolute Gasteiger partial charge is 0.480 e. The quantitative estimate of drug-likeness (QED) is 0.792. The van der Waals surface area contributed by atoms with Crippen molar-refractivity contribution in [3.63, 3.8) is 0 Å². The number of nitrogens with one attached hydrogen (secondary N) is 1. The summed E-state index contributed by atoms with van der Waals surface area (Å²) in [6.45, 7) is 0. The summed E-state index contributed by atoms with van der Waals surface area (Å²) in [5.74, 6) is -2.46. The molecule has 1 aromatic carbocycles. The highest BCUT2D eigenvalue weighted by molar-refractivity contribution is 5.73. The molecule has 1 atom stereocenters. The Balaban J connectivity index is 2.83. The number of carboxylic acid groups (broad SMARTS) is 1. The fourth-order valence-electron chi connectivity index (χ4n) is 1.28. The van der Waals surface area contributed by atoms with Gasteiger partial charge in [-0.05, 0) is 31.2 Å². The summed E-state index contributed by atoms with van der Waals surface area (Å²) in [7, 11) is 1.48. The zero-order valence-corrected chi connectivity index (χ0v) is 8.13. The minimum Gasteiger partial charge on any atom is -0.480 e. The first kappa shape index (κ1) is 11.6. The van der Waals surface area contributed by atoms with Gasteiger partial charge in [-0.1, -0.05) is 0 Å². The molecule has 0 amide bonds. The second kappa shape index (κ2) is 4.84. The Labute approximate surface area is 85.7 Å². The van der Waals surface area contributed by atoms with Gasteiger partial charge in [0.05, 0.1) is 0 Å². The molecule has 0 unspecified atom stereocenters. The van der Waals surface area contributed by atoms with Crippen LogP contribution in [-0.4, -0.2) is 24.2 Å². The monoisotopic (exact) mass is 215 g/mol. The van der Waals surface area contributed by atoms with E-state index in [1.165, 1.54) is 7.05 Å². The molecule has 0 aromatic heterocycles. The third-order valence-corrected chi connectivity index (χ3v) is 2.01. The lowest BCUT2D eigenvalue weighted by Crippen LogP contribution is -2.35. The molecular formula is C10H11F2NO2.